The number of rotatable bonds is 6. The minimum atomic E-state index is -1.45. The van der Waals surface area contributed by atoms with Crippen LogP contribution in [0.1, 0.15) is 23.8 Å². The molecule has 2 aromatic carbocycles. The SMILES string of the molecule is O=c1ccn([C@@H]2O[C@H](c3nc(-c4ccccc4OCc4ccccc4)co3)[C@@H](O)[C@H]2O)c(=O)[nH]1. The molecular weight excluding hydrogens is 442 g/mol. The predicted molar refractivity (Wildman–Crippen MR) is 119 cm³/mol. The zero-order chi connectivity index (χ0) is 23.7. The number of aromatic nitrogens is 3. The van der Waals surface area contributed by atoms with Crippen LogP contribution < -0.4 is 16.0 Å². The molecule has 0 amide bonds. The molecule has 0 aliphatic carbocycles. The Hall–Kier alpha value is -3.99. The van der Waals surface area contributed by atoms with Crippen LogP contribution in [0.2, 0.25) is 0 Å². The highest BCUT2D eigenvalue weighted by molar-refractivity contribution is 5.66. The zero-order valence-corrected chi connectivity index (χ0v) is 17.8. The van der Waals surface area contributed by atoms with Crippen LogP contribution in [0.4, 0.5) is 0 Å². The van der Waals surface area contributed by atoms with E-state index in [1.807, 2.05) is 54.6 Å². The zero-order valence-electron chi connectivity index (χ0n) is 17.8. The molecule has 10 nitrogen and oxygen atoms in total. The summed E-state index contributed by atoms with van der Waals surface area (Å²) in [5, 5.41) is 21.0. The third-order valence-electron chi connectivity index (χ3n) is 5.53. The molecule has 4 atom stereocenters. The third kappa shape index (κ3) is 4.17. The van der Waals surface area contributed by atoms with Crippen LogP contribution in [0, 0.1) is 0 Å². The summed E-state index contributed by atoms with van der Waals surface area (Å²) in [4.78, 5) is 29.9. The Balaban J connectivity index is 1.38. The summed E-state index contributed by atoms with van der Waals surface area (Å²) >= 11 is 0. The molecule has 5 rings (SSSR count). The van der Waals surface area contributed by atoms with Gasteiger partial charge in [-0.1, -0.05) is 42.5 Å². The Bertz CT molecular complexity index is 1400. The lowest BCUT2D eigenvalue weighted by Gasteiger charge is -2.16. The van der Waals surface area contributed by atoms with E-state index in [9.17, 15) is 19.8 Å². The Labute approximate surface area is 192 Å². The molecule has 0 bridgehead atoms. The molecule has 1 saturated heterocycles. The van der Waals surface area contributed by atoms with Gasteiger partial charge in [-0.25, -0.2) is 9.78 Å². The first-order chi connectivity index (χ1) is 16.5. The lowest BCUT2D eigenvalue weighted by molar-refractivity contribution is -0.0481. The van der Waals surface area contributed by atoms with E-state index in [1.165, 1.54) is 12.5 Å². The van der Waals surface area contributed by atoms with Crippen LogP contribution in [0.15, 0.2) is 87.1 Å². The average molecular weight is 463 g/mol. The maximum Gasteiger partial charge on any atom is 0.330 e. The number of oxazole rings is 1. The minimum Gasteiger partial charge on any atom is -0.488 e. The molecule has 10 heteroatoms. The Morgan fingerprint density at radius 2 is 1.76 bits per heavy atom. The quantitative estimate of drug-likeness (QED) is 0.393. The van der Waals surface area contributed by atoms with Gasteiger partial charge in [0.25, 0.3) is 5.56 Å². The summed E-state index contributed by atoms with van der Waals surface area (Å²) < 4.78 is 18.3. The highest BCUT2D eigenvalue weighted by Gasteiger charge is 2.47. The Morgan fingerprint density at radius 3 is 2.56 bits per heavy atom. The van der Waals surface area contributed by atoms with Crippen LogP contribution in [0.5, 0.6) is 5.75 Å². The number of para-hydroxylation sites is 1. The van der Waals surface area contributed by atoms with E-state index in [0.717, 1.165) is 16.2 Å². The van der Waals surface area contributed by atoms with Gasteiger partial charge in [-0.05, 0) is 17.7 Å². The summed E-state index contributed by atoms with van der Waals surface area (Å²) in [6.07, 6.45) is -2.65. The molecule has 4 aromatic rings. The fourth-order valence-corrected chi connectivity index (χ4v) is 3.80. The fourth-order valence-electron chi connectivity index (χ4n) is 3.80. The van der Waals surface area contributed by atoms with Gasteiger partial charge in [0.15, 0.2) is 12.3 Å². The van der Waals surface area contributed by atoms with Crippen molar-refractivity contribution in [2.75, 3.05) is 0 Å². The molecule has 2 aromatic heterocycles. The summed E-state index contributed by atoms with van der Waals surface area (Å²) in [6.45, 7) is 0.370. The number of aromatic amines is 1. The lowest BCUT2D eigenvalue weighted by atomic mass is 10.1. The summed E-state index contributed by atoms with van der Waals surface area (Å²) in [5.41, 5.74) is 0.778. The number of aliphatic hydroxyl groups excluding tert-OH is 2. The van der Waals surface area contributed by atoms with E-state index in [2.05, 4.69) is 9.97 Å². The van der Waals surface area contributed by atoms with Gasteiger partial charge in [0.05, 0.1) is 0 Å². The average Bonchev–Trinajstić information content (AvgIpc) is 3.44. The van der Waals surface area contributed by atoms with Gasteiger partial charge >= 0.3 is 5.69 Å². The smallest absolute Gasteiger partial charge is 0.330 e. The molecule has 0 spiro atoms. The van der Waals surface area contributed by atoms with Gasteiger partial charge in [-0.15, -0.1) is 0 Å². The topological polar surface area (TPSA) is 140 Å². The molecular formula is C24H21N3O7. The van der Waals surface area contributed by atoms with Crippen LogP contribution in [0.3, 0.4) is 0 Å². The standard InChI is InChI=1S/C24H21N3O7/c28-18-10-11-27(24(31)26-18)23-20(30)19(29)21(34-23)22-25-16(13-33-22)15-8-4-5-9-17(15)32-12-14-6-2-1-3-7-14/h1-11,13,19-21,23,29-30H,12H2,(H,26,28,31)/t19-,20+,21-,23+/m0/s1. The maximum atomic E-state index is 12.1. The van der Waals surface area contributed by atoms with E-state index >= 15 is 0 Å². The number of hydrogen-bond donors (Lipinski definition) is 3. The van der Waals surface area contributed by atoms with Gasteiger partial charge in [0.2, 0.25) is 5.89 Å². The molecule has 1 aliphatic heterocycles. The molecule has 1 aliphatic rings. The summed E-state index contributed by atoms with van der Waals surface area (Å²) in [6, 6.07) is 18.2. The second-order valence-corrected chi connectivity index (χ2v) is 7.79. The number of nitrogens with zero attached hydrogens (tertiary/aromatic N) is 2. The normalized spacial score (nSPS) is 22.1. The van der Waals surface area contributed by atoms with Crippen molar-refractivity contribution in [3.05, 3.63) is 105 Å². The summed E-state index contributed by atoms with van der Waals surface area (Å²) in [5.74, 6) is 0.621. The van der Waals surface area contributed by atoms with Crippen molar-refractivity contribution < 1.29 is 24.1 Å². The van der Waals surface area contributed by atoms with Crippen LogP contribution in [-0.2, 0) is 11.3 Å². The van der Waals surface area contributed by atoms with E-state index in [1.54, 1.807) is 0 Å². The lowest BCUT2D eigenvalue weighted by Crippen LogP contribution is -2.37. The Morgan fingerprint density at radius 1 is 1.00 bits per heavy atom. The first-order valence-electron chi connectivity index (χ1n) is 10.6. The van der Waals surface area contributed by atoms with Crippen molar-refractivity contribution in [3.63, 3.8) is 0 Å². The second kappa shape index (κ2) is 9.10. The molecule has 3 N–H and O–H groups in total. The Kier molecular flexibility index (Phi) is 5.84. The van der Waals surface area contributed by atoms with Crippen molar-refractivity contribution in [3.8, 4) is 17.0 Å². The fraction of sp³-hybridized carbons (Fsp3) is 0.208. The molecule has 0 saturated carbocycles. The van der Waals surface area contributed by atoms with Crippen molar-refractivity contribution in [2.45, 2.75) is 31.1 Å². The van der Waals surface area contributed by atoms with E-state index in [-0.39, 0.29) is 5.89 Å². The number of benzene rings is 2. The van der Waals surface area contributed by atoms with Gasteiger partial charge < -0.3 is 24.1 Å². The number of ether oxygens (including phenoxy) is 2. The summed E-state index contributed by atoms with van der Waals surface area (Å²) in [7, 11) is 0. The number of aliphatic hydroxyl groups is 2. The van der Waals surface area contributed by atoms with E-state index in [4.69, 9.17) is 13.9 Å². The number of H-pyrrole nitrogens is 1. The first-order valence-corrected chi connectivity index (χ1v) is 10.6. The van der Waals surface area contributed by atoms with E-state index in [0.29, 0.717) is 23.6 Å². The largest absolute Gasteiger partial charge is 0.488 e. The van der Waals surface area contributed by atoms with Crippen LogP contribution in [0.25, 0.3) is 11.3 Å². The van der Waals surface area contributed by atoms with Crippen molar-refractivity contribution in [1.82, 2.24) is 14.5 Å². The van der Waals surface area contributed by atoms with Crippen molar-refractivity contribution in [2.24, 2.45) is 0 Å². The molecule has 1 fully saturated rings. The molecule has 34 heavy (non-hydrogen) atoms. The van der Waals surface area contributed by atoms with Crippen molar-refractivity contribution >= 4 is 0 Å². The van der Waals surface area contributed by atoms with Gasteiger partial charge in [0, 0.05) is 17.8 Å². The molecule has 0 unspecified atom stereocenters. The minimum absolute atomic E-state index is 0.0272. The molecule has 0 radical (unpaired) electrons. The highest BCUT2D eigenvalue weighted by atomic mass is 16.6. The van der Waals surface area contributed by atoms with Crippen LogP contribution >= 0.6 is 0 Å². The van der Waals surface area contributed by atoms with E-state index < -0.39 is 35.8 Å². The highest BCUT2D eigenvalue weighted by Crippen LogP contribution is 2.39. The molecule has 174 valence electrons. The molecule has 3 heterocycles. The predicted octanol–water partition coefficient (Wildman–Crippen LogP) is 1.76. The monoisotopic (exact) mass is 463 g/mol. The maximum absolute atomic E-state index is 12.1. The van der Waals surface area contributed by atoms with Gasteiger partial charge in [-0.2, -0.15) is 0 Å². The third-order valence-corrected chi connectivity index (χ3v) is 5.53. The van der Waals surface area contributed by atoms with Gasteiger partial charge in [-0.3, -0.25) is 14.3 Å². The van der Waals surface area contributed by atoms with Crippen molar-refractivity contribution in [1.29, 1.82) is 0 Å². The first kappa shape index (κ1) is 21.8. The van der Waals surface area contributed by atoms with Gasteiger partial charge in [0.1, 0.15) is 36.5 Å². The van der Waals surface area contributed by atoms with Crippen LogP contribution in [-0.4, -0.2) is 37.0 Å². The number of nitrogens with one attached hydrogen (secondary N) is 1. The number of hydrogen-bond acceptors (Lipinski definition) is 8. The second-order valence-electron chi connectivity index (χ2n) is 7.79.